The number of anilines is 1. The van der Waals surface area contributed by atoms with Crippen LogP contribution in [-0.2, 0) is 6.42 Å². The van der Waals surface area contributed by atoms with E-state index in [2.05, 4.69) is 18.3 Å². The highest BCUT2D eigenvalue weighted by atomic mass is 19.1. The molecule has 2 aromatic rings. The molecule has 0 atom stereocenters. The van der Waals surface area contributed by atoms with Crippen molar-refractivity contribution in [1.29, 1.82) is 0 Å². The molecule has 0 unspecified atom stereocenters. The van der Waals surface area contributed by atoms with E-state index in [1.54, 1.807) is 17.0 Å². The Bertz CT molecular complexity index is 761. The van der Waals surface area contributed by atoms with E-state index in [0.29, 0.717) is 45.0 Å². The summed E-state index contributed by atoms with van der Waals surface area (Å²) in [6.45, 7) is 5.35. The van der Waals surface area contributed by atoms with Crippen LogP contribution in [-0.4, -0.2) is 50.3 Å². The van der Waals surface area contributed by atoms with Crippen molar-refractivity contribution in [2.45, 2.75) is 13.3 Å². The molecule has 1 aliphatic heterocycles. The predicted molar refractivity (Wildman–Crippen MR) is 105 cm³/mol. The van der Waals surface area contributed by atoms with Crippen LogP contribution in [0.1, 0.15) is 12.5 Å². The van der Waals surface area contributed by atoms with Gasteiger partial charge in [-0.2, -0.15) is 0 Å². The van der Waals surface area contributed by atoms with Gasteiger partial charge >= 0.3 is 6.03 Å². The van der Waals surface area contributed by atoms with Gasteiger partial charge in [-0.3, -0.25) is 0 Å². The van der Waals surface area contributed by atoms with Gasteiger partial charge in [0.2, 0.25) is 0 Å². The molecule has 2 aromatic carbocycles. The zero-order chi connectivity index (χ0) is 19.1. The number of nitrogens with one attached hydrogen (secondary N) is 1. The SMILES string of the molecule is CCc1cccc(OCCNC(=O)N2CCN(c3ccccc3F)CC2)c1. The Labute approximate surface area is 159 Å². The second-order valence-electron chi connectivity index (χ2n) is 6.51. The van der Waals surface area contributed by atoms with Crippen LogP contribution in [0.2, 0.25) is 0 Å². The molecule has 0 aromatic heterocycles. The van der Waals surface area contributed by atoms with Gasteiger partial charge in [0.1, 0.15) is 18.2 Å². The summed E-state index contributed by atoms with van der Waals surface area (Å²) >= 11 is 0. The van der Waals surface area contributed by atoms with Gasteiger partial charge in [0.25, 0.3) is 0 Å². The zero-order valence-corrected chi connectivity index (χ0v) is 15.7. The Morgan fingerprint density at radius 1 is 1.11 bits per heavy atom. The van der Waals surface area contributed by atoms with Gasteiger partial charge in [0, 0.05) is 26.2 Å². The number of hydrogen-bond donors (Lipinski definition) is 1. The first kappa shape index (κ1) is 19.0. The maximum Gasteiger partial charge on any atom is 0.317 e. The number of carbonyl (C=O) groups is 1. The van der Waals surface area contributed by atoms with E-state index >= 15 is 0 Å². The fraction of sp³-hybridized carbons (Fsp3) is 0.381. The molecule has 1 N–H and O–H groups in total. The first-order valence-corrected chi connectivity index (χ1v) is 9.41. The Morgan fingerprint density at radius 3 is 2.63 bits per heavy atom. The number of urea groups is 1. The second kappa shape index (κ2) is 9.26. The molecule has 5 nitrogen and oxygen atoms in total. The lowest BCUT2D eigenvalue weighted by atomic mass is 10.2. The molecule has 0 saturated carbocycles. The summed E-state index contributed by atoms with van der Waals surface area (Å²) in [4.78, 5) is 16.0. The van der Waals surface area contributed by atoms with Crippen LogP contribution in [0.5, 0.6) is 5.75 Å². The van der Waals surface area contributed by atoms with Crippen molar-refractivity contribution in [1.82, 2.24) is 10.2 Å². The van der Waals surface area contributed by atoms with Gasteiger partial charge in [-0.1, -0.05) is 31.2 Å². The lowest BCUT2D eigenvalue weighted by Crippen LogP contribution is -2.52. The summed E-state index contributed by atoms with van der Waals surface area (Å²) in [6, 6.07) is 14.6. The van der Waals surface area contributed by atoms with E-state index in [-0.39, 0.29) is 11.8 Å². The van der Waals surface area contributed by atoms with E-state index in [1.165, 1.54) is 11.6 Å². The third kappa shape index (κ3) is 5.12. The zero-order valence-electron chi connectivity index (χ0n) is 15.7. The van der Waals surface area contributed by atoms with E-state index < -0.39 is 0 Å². The lowest BCUT2D eigenvalue weighted by molar-refractivity contribution is 0.191. The largest absolute Gasteiger partial charge is 0.492 e. The van der Waals surface area contributed by atoms with Crippen LogP contribution in [0, 0.1) is 5.82 Å². The number of halogens is 1. The molecule has 1 saturated heterocycles. The molecule has 0 bridgehead atoms. The Hall–Kier alpha value is -2.76. The number of nitrogens with zero attached hydrogens (tertiary/aromatic N) is 2. The van der Waals surface area contributed by atoms with Crippen molar-refractivity contribution in [3.63, 3.8) is 0 Å². The Kier molecular flexibility index (Phi) is 6.52. The summed E-state index contributed by atoms with van der Waals surface area (Å²) in [5.41, 5.74) is 1.82. The number of ether oxygens (including phenoxy) is 1. The number of benzene rings is 2. The Balaban J connectivity index is 1.39. The van der Waals surface area contributed by atoms with Gasteiger partial charge in [0.15, 0.2) is 0 Å². The standard InChI is InChI=1S/C21H26FN3O2/c1-2-17-6-5-7-18(16-17)27-15-10-23-21(26)25-13-11-24(12-14-25)20-9-4-3-8-19(20)22/h3-9,16H,2,10-15H2,1H3,(H,23,26). The minimum Gasteiger partial charge on any atom is -0.492 e. The number of amides is 2. The molecule has 2 amide bonds. The van der Waals surface area contributed by atoms with Gasteiger partial charge in [-0.25, -0.2) is 9.18 Å². The second-order valence-corrected chi connectivity index (χ2v) is 6.51. The van der Waals surface area contributed by atoms with Gasteiger partial charge in [0.05, 0.1) is 12.2 Å². The summed E-state index contributed by atoms with van der Waals surface area (Å²) in [7, 11) is 0. The molecule has 1 heterocycles. The number of hydrogen-bond acceptors (Lipinski definition) is 3. The van der Waals surface area contributed by atoms with Crippen LogP contribution in [0.25, 0.3) is 0 Å². The number of aryl methyl sites for hydroxylation is 1. The van der Waals surface area contributed by atoms with Crippen molar-refractivity contribution in [3.8, 4) is 5.75 Å². The van der Waals surface area contributed by atoms with Crippen molar-refractivity contribution in [2.24, 2.45) is 0 Å². The number of carbonyl (C=O) groups excluding carboxylic acids is 1. The molecule has 0 radical (unpaired) electrons. The highest BCUT2D eigenvalue weighted by molar-refractivity contribution is 5.74. The average Bonchev–Trinajstić information content (AvgIpc) is 2.72. The molecule has 1 aliphatic rings. The van der Waals surface area contributed by atoms with Crippen LogP contribution in [0.15, 0.2) is 48.5 Å². The molecule has 144 valence electrons. The molecule has 0 aliphatic carbocycles. The molecule has 27 heavy (non-hydrogen) atoms. The first-order chi connectivity index (χ1) is 13.2. The van der Waals surface area contributed by atoms with E-state index in [9.17, 15) is 9.18 Å². The Morgan fingerprint density at radius 2 is 1.89 bits per heavy atom. The average molecular weight is 371 g/mol. The maximum absolute atomic E-state index is 13.9. The summed E-state index contributed by atoms with van der Waals surface area (Å²) in [6.07, 6.45) is 0.965. The van der Waals surface area contributed by atoms with Crippen LogP contribution >= 0.6 is 0 Å². The minimum atomic E-state index is -0.223. The quantitative estimate of drug-likeness (QED) is 0.793. The fourth-order valence-electron chi connectivity index (χ4n) is 3.15. The third-order valence-corrected chi connectivity index (χ3v) is 4.71. The molecular weight excluding hydrogens is 345 g/mol. The summed E-state index contributed by atoms with van der Waals surface area (Å²) < 4.78 is 19.6. The van der Waals surface area contributed by atoms with E-state index in [4.69, 9.17) is 4.74 Å². The maximum atomic E-state index is 13.9. The fourth-order valence-corrected chi connectivity index (χ4v) is 3.15. The number of para-hydroxylation sites is 1. The van der Waals surface area contributed by atoms with E-state index in [1.807, 2.05) is 29.2 Å². The first-order valence-electron chi connectivity index (χ1n) is 9.41. The highest BCUT2D eigenvalue weighted by Gasteiger charge is 2.22. The van der Waals surface area contributed by atoms with Crippen LogP contribution < -0.4 is 15.0 Å². The van der Waals surface area contributed by atoms with Gasteiger partial charge in [-0.05, 0) is 36.2 Å². The molecular formula is C21H26FN3O2. The topological polar surface area (TPSA) is 44.8 Å². The molecule has 0 spiro atoms. The predicted octanol–water partition coefficient (Wildman–Crippen LogP) is 3.30. The molecule has 3 rings (SSSR count). The summed E-state index contributed by atoms with van der Waals surface area (Å²) in [5.74, 6) is 0.599. The van der Waals surface area contributed by atoms with E-state index in [0.717, 1.165) is 12.2 Å². The molecule has 6 heteroatoms. The van der Waals surface area contributed by atoms with Crippen molar-refractivity contribution in [2.75, 3.05) is 44.2 Å². The van der Waals surface area contributed by atoms with Crippen LogP contribution in [0.3, 0.4) is 0 Å². The third-order valence-electron chi connectivity index (χ3n) is 4.71. The summed E-state index contributed by atoms with van der Waals surface area (Å²) in [5, 5.41) is 2.89. The minimum absolute atomic E-state index is 0.103. The monoisotopic (exact) mass is 371 g/mol. The molecule has 1 fully saturated rings. The smallest absolute Gasteiger partial charge is 0.317 e. The number of piperazine rings is 1. The van der Waals surface area contributed by atoms with Crippen LogP contribution in [0.4, 0.5) is 14.9 Å². The highest BCUT2D eigenvalue weighted by Crippen LogP contribution is 2.20. The lowest BCUT2D eigenvalue weighted by Gasteiger charge is -2.36. The van der Waals surface area contributed by atoms with Gasteiger partial charge in [-0.15, -0.1) is 0 Å². The van der Waals surface area contributed by atoms with Crippen molar-refractivity contribution >= 4 is 11.7 Å². The normalized spacial score (nSPS) is 14.1. The van der Waals surface area contributed by atoms with Crippen molar-refractivity contribution in [3.05, 3.63) is 59.9 Å². The van der Waals surface area contributed by atoms with Crippen molar-refractivity contribution < 1.29 is 13.9 Å². The van der Waals surface area contributed by atoms with Gasteiger partial charge < -0.3 is 19.9 Å². The number of rotatable bonds is 6.